The molecule has 10 nitrogen and oxygen atoms in total. The highest BCUT2D eigenvalue weighted by atomic mass is 19.4. The third-order valence-corrected chi connectivity index (χ3v) is 4.89. The maximum atomic E-state index is 13.1. The number of nitrogen functional groups attached to an aromatic ring is 1. The quantitative estimate of drug-likeness (QED) is 0.406. The van der Waals surface area contributed by atoms with Crippen LogP contribution in [0.1, 0.15) is 56.4 Å². The van der Waals surface area contributed by atoms with Crippen molar-refractivity contribution in [3.05, 3.63) is 64.4 Å². The van der Waals surface area contributed by atoms with Gasteiger partial charge in [0.1, 0.15) is 23.5 Å². The molecule has 1 atom stereocenters. The number of aryl methyl sites for hydroxylation is 1. The van der Waals surface area contributed by atoms with Crippen molar-refractivity contribution in [2.24, 2.45) is 0 Å². The lowest BCUT2D eigenvalue weighted by molar-refractivity contribution is -0.138. The molecule has 0 aliphatic carbocycles. The van der Waals surface area contributed by atoms with E-state index in [4.69, 9.17) is 10.3 Å². The lowest BCUT2D eigenvalue weighted by Crippen LogP contribution is -2.30. The SMILES string of the molecule is CNCc1c(N)ncnc1C(=O)N[C@@H](C)c1cc(C(=O)Nc2ccc(C)c(C(F)(F)F)c2)on1. The summed E-state index contributed by atoms with van der Waals surface area (Å²) in [5, 5.41) is 11.7. The lowest BCUT2D eigenvalue weighted by atomic mass is 10.1. The number of benzene rings is 1. The maximum absolute atomic E-state index is 13.1. The fraction of sp³-hybridized carbons (Fsp3) is 0.286. The summed E-state index contributed by atoms with van der Waals surface area (Å²) in [5.41, 5.74) is 5.66. The average molecular weight is 477 g/mol. The molecular formula is C21H22F3N7O3. The molecule has 3 rings (SSSR count). The molecule has 0 radical (unpaired) electrons. The summed E-state index contributed by atoms with van der Waals surface area (Å²) in [6.45, 7) is 3.20. The molecular weight excluding hydrogens is 455 g/mol. The highest BCUT2D eigenvalue weighted by Crippen LogP contribution is 2.33. The fourth-order valence-corrected chi connectivity index (χ4v) is 3.11. The van der Waals surface area contributed by atoms with E-state index in [1.54, 1.807) is 14.0 Å². The van der Waals surface area contributed by atoms with Crippen molar-refractivity contribution in [3.63, 3.8) is 0 Å². The Bertz CT molecular complexity index is 1210. The normalized spacial score (nSPS) is 12.3. The molecule has 3 aromatic rings. The number of halogens is 3. The van der Waals surface area contributed by atoms with Gasteiger partial charge in [0.15, 0.2) is 0 Å². The molecule has 1 aromatic carbocycles. The van der Waals surface area contributed by atoms with Crippen LogP contribution < -0.4 is 21.7 Å². The van der Waals surface area contributed by atoms with Crippen LogP contribution in [0.2, 0.25) is 0 Å². The number of amides is 2. The van der Waals surface area contributed by atoms with Gasteiger partial charge in [-0.2, -0.15) is 13.2 Å². The van der Waals surface area contributed by atoms with Gasteiger partial charge in [-0.1, -0.05) is 11.2 Å². The van der Waals surface area contributed by atoms with E-state index in [0.717, 1.165) is 6.07 Å². The largest absolute Gasteiger partial charge is 0.416 e. The second-order valence-electron chi connectivity index (χ2n) is 7.41. The average Bonchev–Trinajstić information content (AvgIpc) is 3.26. The Balaban J connectivity index is 1.71. The molecule has 0 unspecified atom stereocenters. The van der Waals surface area contributed by atoms with Crippen LogP contribution in [-0.4, -0.2) is 34.0 Å². The Labute approximate surface area is 192 Å². The van der Waals surface area contributed by atoms with Crippen LogP contribution in [-0.2, 0) is 12.7 Å². The minimum absolute atomic E-state index is 0.0281. The van der Waals surface area contributed by atoms with Gasteiger partial charge in [-0.25, -0.2) is 9.97 Å². The van der Waals surface area contributed by atoms with E-state index >= 15 is 0 Å². The Morgan fingerprint density at radius 2 is 1.91 bits per heavy atom. The Kier molecular flexibility index (Phi) is 7.15. The third-order valence-electron chi connectivity index (χ3n) is 4.89. The van der Waals surface area contributed by atoms with Crippen LogP contribution in [0.15, 0.2) is 35.1 Å². The summed E-state index contributed by atoms with van der Waals surface area (Å²) in [4.78, 5) is 33.0. The first-order valence-corrected chi connectivity index (χ1v) is 10.0. The molecule has 0 saturated carbocycles. The number of nitrogens with two attached hydrogens (primary N) is 1. The number of alkyl halides is 3. The summed E-state index contributed by atoms with van der Waals surface area (Å²) in [5.74, 6) is -1.42. The summed E-state index contributed by atoms with van der Waals surface area (Å²) < 4.78 is 44.3. The zero-order chi connectivity index (χ0) is 25.0. The summed E-state index contributed by atoms with van der Waals surface area (Å²) in [6, 6.07) is 4.03. The summed E-state index contributed by atoms with van der Waals surface area (Å²) >= 11 is 0. The van der Waals surface area contributed by atoms with Gasteiger partial charge in [0.2, 0.25) is 5.76 Å². The fourth-order valence-electron chi connectivity index (χ4n) is 3.11. The topological polar surface area (TPSA) is 148 Å². The maximum Gasteiger partial charge on any atom is 0.416 e. The zero-order valence-electron chi connectivity index (χ0n) is 18.4. The molecule has 0 fully saturated rings. The minimum atomic E-state index is -4.56. The Morgan fingerprint density at radius 3 is 2.59 bits per heavy atom. The van der Waals surface area contributed by atoms with Crippen molar-refractivity contribution in [3.8, 4) is 0 Å². The van der Waals surface area contributed by atoms with Crippen molar-refractivity contribution >= 4 is 23.3 Å². The van der Waals surface area contributed by atoms with Gasteiger partial charge in [-0.15, -0.1) is 0 Å². The van der Waals surface area contributed by atoms with E-state index in [1.807, 2.05) is 0 Å². The lowest BCUT2D eigenvalue weighted by Gasteiger charge is -2.13. The molecule has 5 N–H and O–H groups in total. The molecule has 13 heteroatoms. The van der Waals surface area contributed by atoms with Gasteiger partial charge in [0.05, 0.1) is 11.6 Å². The van der Waals surface area contributed by atoms with Gasteiger partial charge >= 0.3 is 6.18 Å². The molecule has 0 bridgehead atoms. The van der Waals surface area contributed by atoms with Crippen LogP contribution >= 0.6 is 0 Å². The van der Waals surface area contributed by atoms with Crippen molar-refractivity contribution in [2.75, 3.05) is 18.1 Å². The third kappa shape index (κ3) is 5.49. The van der Waals surface area contributed by atoms with Crippen molar-refractivity contribution in [1.29, 1.82) is 0 Å². The first-order valence-electron chi connectivity index (χ1n) is 10.0. The predicted molar refractivity (Wildman–Crippen MR) is 116 cm³/mol. The molecule has 34 heavy (non-hydrogen) atoms. The first-order chi connectivity index (χ1) is 16.0. The molecule has 0 aliphatic heterocycles. The van der Waals surface area contributed by atoms with Gasteiger partial charge in [0, 0.05) is 23.9 Å². The van der Waals surface area contributed by atoms with Crippen LogP contribution in [0.5, 0.6) is 0 Å². The van der Waals surface area contributed by atoms with Crippen LogP contribution in [0, 0.1) is 6.92 Å². The number of carbonyl (C=O) groups excluding carboxylic acids is 2. The smallest absolute Gasteiger partial charge is 0.383 e. The number of nitrogens with zero attached hydrogens (tertiary/aromatic N) is 3. The predicted octanol–water partition coefficient (Wildman–Crippen LogP) is 2.84. The number of rotatable bonds is 7. The van der Waals surface area contributed by atoms with Gasteiger partial charge in [-0.05, 0) is 38.6 Å². The monoisotopic (exact) mass is 477 g/mol. The molecule has 2 amide bonds. The number of hydrogen-bond acceptors (Lipinski definition) is 8. The molecule has 180 valence electrons. The summed E-state index contributed by atoms with van der Waals surface area (Å²) in [7, 11) is 1.68. The molecule has 2 aromatic heterocycles. The number of carbonyl (C=O) groups is 2. The van der Waals surface area contributed by atoms with Gasteiger partial charge in [-0.3, -0.25) is 9.59 Å². The zero-order valence-corrected chi connectivity index (χ0v) is 18.4. The van der Waals surface area contributed by atoms with E-state index in [-0.39, 0.29) is 40.8 Å². The van der Waals surface area contributed by atoms with Gasteiger partial charge in [0.25, 0.3) is 11.8 Å². The first kappa shape index (κ1) is 24.6. The van der Waals surface area contributed by atoms with E-state index in [1.165, 1.54) is 31.5 Å². The molecule has 0 spiro atoms. The number of nitrogens with one attached hydrogen (secondary N) is 3. The second-order valence-corrected chi connectivity index (χ2v) is 7.41. The van der Waals surface area contributed by atoms with Crippen LogP contribution in [0.3, 0.4) is 0 Å². The van der Waals surface area contributed by atoms with Crippen LogP contribution in [0.25, 0.3) is 0 Å². The van der Waals surface area contributed by atoms with E-state index < -0.39 is 29.6 Å². The van der Waals surface area contributed by atoms with Crippen molar-refractivity contribution in [1.82, 2.24) is 25.8 Å². The van der Waals surface area contributed by atoms with E-state index in [2.05, 4.69) is 31.1 Å². The number of hydrogen-bond donors (Lipinski definition) is 4. The minimum Gasteiger partial charge on any atom is -0.383 e. The standard InChI is InChI=1S/C21H22F3N7O3/c1-10-4-5-12(6-14(10)21(22,23)24)30-19(32)16-7-15(31-34-16)11(2)29-20(33)17-13(8-26-3)18(25)28-9-27-17/h4-7,9,11,26H,8H2,1-3H3,(H,29,33)(H,30,32)(H2,25,27,28)/t11-/m0/s1. The molecule has 0 saturated heterocycles. The Morgan fingerprint density at radius 1 is 1.18 bits per heavy atom. The highest BCUT2D eigenvalue weighted by Gasteiger charge is 2.32. The number of aromatic nitrogens is 3. The van der Waals surface area contributed by atoms with Crippen molar-refractivity contribution in [2.45, 2.75) is 32.6 Å². The van der Waals surface area contributed by atoms with E-state index in [9.17, 15) is 22.8 Å². The van der Waals surface area contributed by atoms with E-state index in [0.29, 0.717) is 5.56 Å². The van der Waals surface area contributed by atoms with Crippen molar-refractivity contribution < 1.29 is 27.3 Å². The van der Waals surface area contributed by atoms with Crippen LogP contribution in [0.4, 0.5) is 24.7 Å². The Hall–Kier alpha value is -4.00. The summed E-state index contributed by atoms with van der Waals surface area (Å²) in [6.07, 6.45) is -3.39. The highest BCUT2D eigenvalue weighted by molar-refractivity contribution is 6.02. The molecule has 0 aliphatic rings. The van der Waals surface area contributed by atoms with Gasteiger partial charge < -0.3 is 26.2 Å². The number of anilines is 2. The second kappa shape index (κ2) is 9.87. The molecule has 2 heterocycles.